The van der Waals surface area contributed by atoms with E-state index in [1.54, 1.807) is 30.9 Å². The second-order valence-electron chi connectivity index (χ2n) is 8.82. The Morgan fingerprint density at radius 2 is 1.72 bits per heavy atom. The number of para-hydroxylation sites is 1. The zero-order valence-corrected chi connectivity index (χ0v) is 18.4. The average molecular weight is 427 g/mol. The van der Waals surface area contributed by atoms with E-state index in [9.17, 15) is 9.59 Å². The number of anilines is 2. The van der Waals surface area contributed by atoms with Crippen LogP contribution in [0.3, 0.4) is 0 Å². The molecule has 162 valence electrons. The molecule has 0 fully saturated rings. The van der Waals surface area contributed by atoms with Gasteiger partial charge in [0.1, 0.15) is 5.75 Å². The maximum atomic E-state index is 13.4. The molecule has 2 heterocycles. The maximum Gasteiger partial charge on any atom is 0.270 e. The zero-order valence-electron chi connectivity index (χ0n) is 18.4. The average Bonchev–Trinajstić information content (AvgIpc) is 3.23. The molecule has 2 aliphatic heterocycles. The fraction of sp³-hybridized carbons (Fsp3) is 0.259. The van der Waals surface area contributed by atoms with Gasteiger partial charge in [-0.15, -0.1) is 0 Å². The summed E-state index contributed by atoms with van der Waals surface area (Å²) >= 11 is 0. The molecule has 0 unspecified atom stereocenters. The first-order valence-corrected chi connectivity index (χ1v) is 11.0. The van der Waals surface area contributed by atoms with Gasteiger partial charge in [-0.2, -0.15) is 0 Å². The van der Waals surface area contributed by atoms with Crippen molar-refractivity contribution in [1.29, 1.82) is 0 Å². The van der Waals surface area contributed by atoms with Crippen molar-refractivity contribution in [2.75, 3.05) is 22.9 Å². The SMILES string of the molecule is CC1(C)Oc2ccc(C(=O)N3CCc4ccccc43)cc2N(CCc2ccccc2)C1=O. The number of nitrogens with zero attached hydrogens (tertiary/aromatic N) is 2. The number of hydrogen-bond donors (Lipinski definition) is 0. The Morgan fingerprint density at radius 3 is 2.53 bits per heavy atom. The standard InChI is InChI=1S/C27H26N2O3/c1-27(2)26(31)29(16-14-19-8-4-3-5-9-19)23-18-21(12-13-24(23)32-27)25(30)28-17-15-20-10-6-7-11-22(20)28/h3-13,18H,14-17H2,1-2H3. The van der Waals surface area contributed by atoms with Crippen LogP contribution in [0.1, 0.15) is 35.3 Å². The lowest BCUT2D eigenvalue weighted by atomic mass is 10.0. The van der Waals surface area contributed by atoms with E-state index >= 15 is 0 Å². The molecule has 0 radical (unpaired) electrons. The van der Waals surface area contributed by atoms with Crippen molar-refractivity contribution in [2.24, 2.45) is 0 Å². The van der Waals surface area contributed by atoms with E-state index in [1.807, 2.05) is 47.4 Å². The topological polar surface area (TPSA) is 49.9 Å². The van der Waals surface area contributed by atoms with E-state index in [-0.39, 0.29) is 11.8 Å². The predicted octanol–water partition coefficient (Wildman–Crippen LogP) is 4.64. The molecule has 2 aliphatic rings. The second-order valence-corrected chi connectivity index (χ2v) is 8.82. The van der Waals surface area contributed by atoms with Crippen molar-refractivity contribution >= 4 is 23.2 Å². The minimum Gasteiger partial charge on any atom is -0.476 e. The number of carbonyl (C=O) groups is 2. The third-order valence-corrected chi connectivity index (χ3v) is 6.22. The summed E-state index contributed by atoms with van der Waals surface area (Å²) < 4.78 is 6.01. The first-order chi connectivity index (χ1) is 15.4. The lowest BCUT2D eigenvalue weighted by Gasteiger charge is -2.39. The Labute approximate surface area is 188 Å². The minimum absolute atomic E-state index is 0.0574. The highest BCUT2D eigenvalue weighted by atomic mass is 16.5. The summed E-state index contributed by atoms with van der Waals surface area (Å²) in [7, 11) is 0. The Balaban J connectivity index is 1.47. The molecule has 5 nitrogen and oxygen atoms in total. The highest BCUT2D eigenvalue weighted by molar-refractivity contribution is 6.09. The number of hydrogen-bond acceptors (Lipinski definition) is 3. The summed E-state index contributed by atoms with van der Waals surface area (Å²) in [5.41, 5.74) is 3.56. The number of amides is 2. The predicted molar refractivity (Wildman–Crippen MR) is 125 cm³/mol. The van der Waals surface area contributed by atoms with Crippen LogP contribution in [0.4, 0.5) is 11.4 Å². The van der Waals surface area contributed by atoms with E-state index in [4.69, 9.17) is 4.74 Å². The number of carbonyl (C=O) groups excluding carboxylic acids is 2. The molecule has 5 heteroatoms. The molecule has 0 saturated heterocycles. The Kier molecular flexibility index (Phi) is 4.97. The van der Waals surface area contributed by atoms with Crippen LogP contribution in [-0.2, 0) is 17.6 Å². The maximum absolute atomic E-state index is 13.4. The minimum atomic E-state index is -0.955. The van der Waals surface area contributed by atoms with Crippen LogP contribution in [0.2, 0.25) is 0 Å². The summed E-state index contributed by atoms with van der Waals surface area (Å²) in [4.78, 5) is 30.2. The molecule has 0 spiro atoms. The van der Waals surface area contributed by atoms with Crippen LogP contribution in [0.5, 0.6) is 5.75 Å². The van der Waals surface area contributed by atoms with E-state index in [0.717, 1.165) is 24.1 Å². The lowest BCUT2D eigenvalue weighted by Crippen LogP contribution is -2.53. The zero-order chi connectivity index (χ0) is 22.3. The molecule has 0 aliphatic carbocycles. The molecule has 0 saturated carbocycles. The largest absolute Gasteiger partial charge is 0.476 e. The first-order valence-electron chi connectivity index (χ1n) is 11.0. The van der Waals surface area contributed by atoms with Gasteiger partial charge in [0.15, 0.2) is 5.60 Å². The van der Waals surface area contributed by atoms with Crippen molar-refractivity contribution in [3.63, 3.8) is 0 Å². The van der Waals surface area contributed by atoms with Crippen LogP contribution in [-0.4, -0.2) is 30.5 Å². The Morgan fingerprint density at radius 1 is 0.969 bits per heavy atom. The normalized spacial score (nSPS) is 16.4. The van der Waals surface area contributed by atoms with Crippen molar-refractivity contribution in [2.45, 2.75) is 32.3 Å². The smallest absolute Gasteiger partial charge is 0.270 e. The summed E-state index contributed by atoms with van der Waals surface area (Å²) in [6, 6.07) is 23.5. The molecule has 5 rings (SSSR count). The lowest BCUT2D eigenvalue weighted by molar-refractivity contribution is -0.132. The van der Waals surface area contributed by atoms with Gasteiger partial charge in [0.2, 0.25) is 0 Å². The summed E-state index contributed by atoms with van der Waals surface area (Å²) in [6.07, 6.45) is 1.58. The second kappa shape index (κ2) is 7.83. The molecular formula is C27H26N2O3. The molecule has 3 aromatic rings. The molecule has 2 amide bonds. The van der Waals surface area contributed by atoms with Crippen LogP contribution in [0, 0.1) is 0 Å². The van der Waals surface area contributed by atoms with E-state index in [2.05, 4.69) is 18.2 Å². The number of rotatable bonds is 4. The van der Waals surface area contributed by atoms with Gasteiger partial charge in [-0.25, -0.2) is 0 Å². The number of ether oxygens (including phenoxy) is 1. The van der Waals surface area contributed by atoms with Gasteiger partial charge in [-0.3, -0.25) is 9.59 Å². The third-order valence-electron chi connectivity index (χ3n) is 6.22. The summed E-state index contributed by atoms with van der Waals surface area (Å²) in [5.74, 6) is 0.469. The van der Waals surface area contributed by atoms with Crippen molar-refractivity contribution in [3.8, 4) is 5.75 Å². The van der Waals surface area contributed by atoms with Gasteiger partial charge >= 0.3 is 0 Å². The van der Waals surface area contributed by atoms with Crippen LogP contribution in [0.25, 0.3) is 0 Å². The van der Waals surface area contributed by atoms with E-state index < -0.39 is 5.60 Å². The van der Waals surface area contributed by atoms with Gasteiger partial charge in [0.25, 0.3) is 11.8 Å². The number of benzene rings is 3. The summed E-state index contributed by atoms with van der Waals surface area (Å²) in [5, 5.41) is 0. The van der Waals surface area contributed by atoms with E-state index in [0.29, 0.717) is 30.1 Å². The molecule has 0 aromatic heterocycles. The Hall–Kier alpha value is -3.60. The molecule has 0 atom stereocenters. The molecule has 0 N–H and O–H groups in total. The van der Waals surface area contributed by atoms with Crippen LogP contribution < -0.4 is 14.5 Å². The Bertz CT molecular complexity index is 1190. The monoisotopic (exact) mass is 426 g/mol. The number of fused-ring (bicyclic) bond motifs is 2. The first kappa shape index (κ1) is 20.3. The van der Waals surface area contributed by atoms with Gasteiger partial charge in [0, 0.05) is 24.3 Å². The highest BCUT2D eigenvalue weighted by Crippen LogP contribution is 2.39. The molecule has 3 aromatic carbocycles. The van der Waals surface area contributed by atoms with Gasteiger partial charge in [-0.1, -0.05) is 48.5 Å². The van der Waals surface area contributed by atoms with Gasteiger partial charge < -0.3 is 14.5 Å². The fourth-order valence-corrected chi connectivity index (χ4v) is 4.51. The van der Waals surface area contributed by atoms with Crippen LogP contribution >= 0.6 is 0 Å². The molecule has 0 bridgehead atoms. The van der Waals surface area contributed by atoms with E-state index in [1.165, 1.54) is 5.56 Å². The van der Waals surface area contributed by atoms with Crippen molar-refractivity contribution in [3.05, 3.63) is 89.5 Å². The summed E-state index contributed by atoms with van der Waals surface area (Å²) in [6.45, 7) is 4.75. The van der Waals surface area contributed by atoms with Gasteiger partial charge in [-0.05, 0) is 62.1 Å². The fourth-order valence-electron chi connectivity index (χ4n) is 4.51. The van der Waals surface area contributed by atoms with Crippen LogP contribution in [0.15, 0.2) is 72.8 Å². The van der Waals surface area contributed by atoms with Gasteiger partial charge in [0.05, 0.1) is 5.69 Å². The molecule has 32 heavy (non-hydrogen) atoms. The van der Waals surface area contributed by atoms with Crippen molar-refractivity contribution < 1.29 is 14.3 Å². The third kappa shape index (κ3) is 3.54. The molecular weight excluding hydrogens is 400 g/mol. The quantitative estimate of drug-likeness (QED) is 0.611. The van der Waals surface area contributed by atoms with Crippen molar-refractivity contribution in [1.82, 2.24) is 0 Å². The highest BCUT2D eigenvalue weighted by Gasteiger charge is 2.41.